The molecule has 0 fully saturated rings. The summed E-state index contributed by atoms with van der Waals surface area (Å²) in [6.45, 7) is 1.49. The monoisotopic (exact) mass is 240 g/mol. The van der Waals surface area contributed by atoms with Gasteiger partial charge in [-0.15, -0.1) is 0 Å². The van der Waals surface area contributed by atoms with Gasteiger partial charge in [0.2, 0.25) is 0 Å². The summed E-state index contributed by atoms with van der Waals surface area (Å²) in [5, 5.41) is 10.2. The van der Waals surface area contributed by atoms with Crippen molar-refractivity contribution < 1.29 is 9.50 Å². The molecule has 0 aromatic heterocycles. The molecule has 0 heterocycles. The molecule has 2 heteroatoms. The fraction of sp³-hybridized carbons (Fsp3) is 0.125. The van der Waals surface area contributed by atoms with Gasteiger partial charge in [-0.25, -0.2) is 4.39 Å². The Morgan fingerprint density at radius 2 is 1.61 bits per heavy atom. The zero-order chi connectivity index (χ0) is 13.0. The number of hydrogen-bond acceptors (Lipinski definition) is 1. The van der Waals surface area contributed by atoms with Crippen LogP contribution < -0.4 is 0 Å². The van der Waals surface area contributed by atoms with Crippen LogP contribution in [0.5, 0.6) is 0 Å². The summed E-state index contributed by atoms with van der Waals surface area (Å²) in [5.41, 5.74) is -0.524. The lowest BCUT2D eigenvalue weighted by molar-refractivity contribution is 0.117. The molecule has 0 aliphatic heterocycles. The van der Waals surface area contributed by atoms with Crippen molar-refractivity contribution in [3.05, 3.63) is 71.5 Å². The first-order chi connectivity index (χ1) is 8.59. The van der Waals surface area contributed by atoms with Gasteiger partial charge in [0.1, 0.15) is 5.82 Å². The van der Waals surface area contributed by atoms with Gasteiger partial charge in [0, 0.05) is 11.1 Å². The van der Waals surface area contributed by atoms with Gasteiger partial charge in [0.15, 0.2) is 5.60 Å². The van der Waals surface area contributed by atoms with Crippen LogP contribution in [0.15, 0.2) is 54.6 Å². The molecule has 1 N–H and O–H groups in total. The molecule has 1 atom stereocenters. The van der Waals surface area contributed by atoms with E-state index in [2.05, 4.69) is 11.8 Å². The molecule has 0 aliphatic carbocycles. The van der Waals surface area contributed by atoms with Gasteiger partial charge in [-0.1, -0.05) is 48.2 Å². The van der Waals surface area contributed by atoms with Gasteiger partial charge in [0.05, 0.1) is 0 Å². The second-order valence-electron chi connectivity index (χ2n) is 4.17. The zero-order valence-electron chi connectivity index (χ0n) is 10.0. The largest absolute Gasteiger partial charge is 0.374 e. The second kappa shape index (κ2) is 5.03. The lowest BCUT2D eigenvalue weighted by Crippen LogP contribution is -2.20. The molecule has 1 unspecified atom stereocenters. The SMILES string of the molecule is CC(O)(C#Cc1ccccc1)c1ccccc1F. The lowest BCUT2D eigenvalue weighted by atomic mass is 9.96. The molecule has 90 valence electrons. The van der Waals surface area contributed by atoms with E-state index in [9.17, 15) is 9.50 Å². The summed E-state index contributed by atoms with van der Waals surface area (Å²) >= 11 is 0. The Morgan fingerprint density at radius 1 is 1.00 bits per heavy atom. The first-order valence-corrected chi connectivity index (χ1v) is 5.65. The molecule has 1 nitrogen and oxygen atoms in total. The molecule has 0 bridgehead atoms. The maximum Gasteiger partial charge on any atom is 0.151 e. The van der Waals surface area contributed by atoms with Crippen molar-refractivity contribution in [2.45, 2.75) is 12.5 Å². The smallest absolute Gasteiger partial charge is 0.151 e. The number of halogens is 1. The van der Waals surface area contributed by atoms with Crippen molar-refractivity contribution in [2.24, 2.45) is 0 Å². The average molecular weight is 240 g/mol. The van der Waals surface area contributed by atoms with E-state index in [1.165, 1.54) is 19.1 Å². The highest BCUT2D eigenvalue weighted by molar-refractivity contribution is 5.39. The highest BCUT2D eigenvalue weighted by atomic mass is 19.1. The van der Waals surface area contributed by atoms with E-state index in [1.807, 2.05) is 30.3 Å². The number of aliphatic hydroxyl groups is 1. The lowest BCUT2D eigenvalue weighted by Gasteiger charge is -2.17. The van der Waals surface area contributed by atoms with Crippen LogP contribution in [0.4, 0.5) is 4.39 Å². The molecule has 2 aromatic carbocycles. The highest BCUT2D eigenvalue weighted by Gasteiger charge is 2.23. The Kier molecular flexibility index (Phi) is 3.45. The molecule has 0 saturated carbocycles. The summed E-state index contributed by atoms with van der Waals surface area (Å²) in [4.78, 5) is 0. The van der Waals surface area contributed by atoms with Crippen molar-refractivity contribution in [2.75, 3.05) is 0 Å². The maximum absolute atomic E-state index is 13.6. The normalized spacial score (nSPS) is 13.3. The van der Waals surface area contributed by atoms with E-state index in [4.69, 9.17) is 0 Å². The Balaban J connectivity index is 2.34. The first-order valence-electron chi connectivity index (χ1n) is 5.65. The molecular formula is C16H13FO. The fourth-order valence-corrected chi connectivity index (χ4v) is 1.64. The molecule has 2 aromatic rings. The van der Waals surface area contributed by atoms with E-state index in [0.717, 1.165) is 5.56 Å². The molecule has 0 radical (unpaired) electrons. The van der Waals surface area contributed by atoms with Gasteiger partial charge in [0.25, 0.3) is 0 Å². The van der Waals surface area contributed by atoms with Crippen LogP contribution in [0.2, 0.25) is 0 Å². The molecule has 0 saturated heterocycles. The van der Waals surface area contributed by atoms with Crippen LogP contribution in [-0.4, -0.2) is 5.11 Å². The van der Waals surface area contributed by atoms with Crippen molar-refractivity contribution in [3.8, 4) is 11.8 Å². The van der Waals surface area contributed by atoms with Crippen molar-refractivity contribution >= 4 is 0 Å². The van der Waals surface area contributed by atoms with Gasteiger partial charge in [-0.2, -0.15) is 0 Å². The van der Waals surface area contributed by atoms with Crippen molar-refractivity contribution in [1.29, 1.82) is 0 Å². The zero-order valence-corrected chi connectivity index (χ0v) is 10.0. The molecule has 0 aliphatic rings. The Bertz CT molecular complexity index is 591. The van der Waals surface area contributed by atoms with Crippen LogP contribution in [0.25, 0.3) is 0 Å². The maximum atomic E-state index is 13.6. The molecular weight excluding hydrogens is 227 g/mol. The van der Waals surface area contributed by atoms with Crippen LogP contribution in [0.3, 0.4) is 0 Å². The molecule has 0 amide bonds. The predicted molar refractivity (Wildman–Crippen MR) is 69.3 cm³/mol. The third-order valence-electron chi connectivity index (χ3n) is 2.62. The number of rotatable bonds is 1. The van der Waals surface area contributed by atoms with E-state index in [0.29, 0.717) is 0 Å². The minimum atomic E-state index is -1.50. The predicted octanol–water partition coefficient (Wildman–Crippen LogP) is 3.08. The molecule has 0 spiro atoms. The molecule has 18 heavy (non-hydrogen) atoms. The summed E-state index contributed by atoms with van der Waals surface area (Å²) < 4.78 is 13.6. The Labute approximate surface area is 106 Å². The topological polar surface area (TPSA) is 20.2 Å². The summed E-state index contributed by atoms with van der Waals surface area (Å²) in [6, 6.07) is 15.4. The van der Waals surface area contributed by atoms with Gasteiger partial charge in [-0.05, 0) is 25.1 Å². The quantitative estimate of drug-likeness (QED) is 0.759. The third kappa shape index (κ3) is 2.77. The molecule has 2 rings (SSSR count). The standard InChI is InChI=1S/C16H13FO/c1-16(18,14-9-5-6-10-15(14)17)12-11-13-7-3-2-4-8-13/h2-10,18H,1H3. The summed E-state index contributed by atoms with van der Waals surface area (Å²) in [7, 11) is 0. The van der Waals surface area contributed by atoms with E-state index >= 15 is 0 Å². The minimum Gasteiger partial charge on any atom is -0.374 e. The summed E-state index contributed by atoms with van der Waals surface area (Å²) in [5.74, 6) is 5.09. The fourth-order valence-electron chi connectivity index (χ4n) is 1.64. The van der Waals surface area contributed by atoms with Crippen LogP contribution in [0, 0.1) is 17.7 Å². The highest BCUT2D eigenvalue weighted by Crippen LogP contribution is 2.22. The Morgan fingerprint density at radius 3 is 2.28 bits per heavy atom. The van der Waals surface area contributed by atoms with Crippen LogP contribution in [0.1, 0.15) is 18.1 Å². The average Bonchev–Trinajstić information content (AvgIpc) is 2.38. The van der Waals surface area contributed by atoms with Gasteiger partial charge >= 0.3 is 0 Å². The van der Waals surface area contributed by atoms with Crippen molar-refractivity contribution in [3.63, 3.8) is 0 Å². The van der Waals surface area contributed by atoms with Gasteiger partial charge < -0.3 is 5.11 Å². The third-order valence-corrected chi connectivity index (χ3v) is 2.62. The first kappa shape index (κ1) is 12.3. The summed E-state index contributed by atoms with van der Waals surface area (Å²) in [6.07, 6.45) is 0. The minimum absolute atomic E-state index is 0.188. The van der Waals surface area contributed by atoms with Crippen LogP contribution >= 0.6 is 0 Å². The number of hydrogen-bond donors (Lipinski definition) is 1. The van der Waals surface area contributed by atoms with E-state index in [-0.39, 0.29) is 5.56 Å². The van der Waals surface area contributed by atoms with Crippen LogP contribution in [-0.2, 0) is 5.60 Å². The number of benzene rings is 2. The Hall–Kier alpha value is -2.11. The van der Waals surface area contributed by atoms with E-state index < -0.39 is 11.4 Å². The van der Waals surface area contributed by atoms with E-state index in [1.54, 1.807) is 12.1 Å². The van der Waals surface area contributed by atoms with Crippen molar-refractivity contribution in [1.82, 2.24) is 0 Å². The second-order valence-corrected chi connectivity index (χ2v) is 4.17. The van der Waals surface area contributed by atoms with Gasteiger partial charge in [-0.3, -0.25) is 0 Å².